The molecule has 0 spiro atoms. The highest BCUT2D eigenvalue weighted by Gasteiger charge is 2.34. The molecular weight excluding hydrogens is 504 g/mol. The molecule has 3 aromatic rings. The van der Waals surface area contributed by atoms with E-state index < -0.39 is 12.2 Å². The summed E-state index contributed by atoms with van der Waals surface area (Å²) in [7, 11) is 1.64. The fraction of sp³-hybridized carbons (Fsp3) is 0.375. The van der Waals surface area contributed by atoms with Crippen molar-refractivity contribution in [1.29, 1.82) is 0 Å². The lowest BCUT2D eigenvalue weighted by Crippen LogP contribution is -2.46. The maximum atomic E-state index is 13.0. The Balaban J connectivity index is 1.48. The van der Waals surface area contributed by atoms with Gasteiger partial charge in [0.15, 0.2) is 17.3 Å². The molecule has 3 atom stereocenters. The van der Waals surface area contributed by atoms with E-state index in [0.29, 0.717) is 34.6 Å². The number of hydrazone groups is 1. The Labute approximate surface area is 235 Å². The zero-order chi connectivity index (χ0) is 28.1. The number of hydrogen-bond acceptors (Lipinski definition) is 8. The van der Waals surface area contributed by atoms with Crippen LogP contribution in [0.15, 0.2) is 72.1 Å². The SMILES string of the molecule is CCC1CC(C=O)N(C(N)c2cccc(C(=O)c3cccnc3)c2)N=C1c1ccc(OC)c(OC2CCCC2)c1. The number of pyridine rings is 1. The molecule has 1 aliphatic heterocycles. The van der Waals surface area contributed by atoms with Gasteiger partial charge < -0.3 is 20.0 Å². The molecule has 8 nitrogen and oxygen atoms in total. The first-order valence-corrected chi connectivity index (χ1v) is 14.0. The Morgan fingerprint density at radius 2 is 1.90 bits per heavy atom. The molecule has 0 bridgehead atoms. The second kappa shape index (κ2) is 12.4. The van der Waals surface area contributed by atoms with Crippen molar-refractivity contribution < 1.29 is 19.1 Å². The van der Waals surface area contributed by atoms with Crippen LogP contribution in [0.25, 0.3) is 0 Å². The van der Waals surface area contributed by atoms with Crippen molar-refractivity contribution >= 4 is 17.8 Å². The van der Waals surface area contributed by atoms with E-state index in [0.717, 1.165) is 36.8 Å². The first-order chi connectivity index (χ1) is 19.5. The van der Waals surface area contributed by atoms with Crippen molar-refractivity contribution in [1.82, 2.24) is 9.99 Å². The van der Waals surface area contributed by atoms with Crippen molar-refractivity contribution in [3.8, 4) is 11.5 Å². The summed E-state index contributed by atoms with van der Waals surface area (Å²) in [6.07, 6.45) is 9.39. The highest BCUT2D eigenvalue weighted by atomic mass is 16.5. The van der Waals surface area contributed by atoms with Gasteiger partial charge in [-0.05, 0) is 80.5 Å². The van der Waals surface area contributed by atoms with Crippen LogP contribution in [0.5, 0.6) is 11.5 Å². The van der Waals surface area contributed by atoms with Gasteiger partial charge in [0.2, 0.25) is 0 Å². The number of benzene rings is 2. The van der Waals surface area contributed by atoms with Gasteiger partial charge >= 0.3 is 0 Å². The Hall–Kier alpha value is -4.04. The van der Waals surface area contributed by atoms with Gasteiger partial charge in [0, 0.05) is 35.0 Å². The van der Waals surface area contributed by atoms with E-state index in [2.05, 4.69) is 11.9 Å². The van der Waals surface area contributed by atoms with Gasteiger partial charge in [-0.2, -0.15) is 5.10 Å². The van der Waals surface area contributed by atoms with E-state index in [1.54, 1.807) is 54.8 Å². The summed E-state index contributed by atoms with van der Waals surface area (Å²) in [6, 6.07) is 16.0. The van der Waals surface area contributed by atoms with Crippen LogP contribution in [0, 0.1) is 5.92 Å². The summed E-state index contributed by atoms with van der Waals surface area (Å²) in [5.74, 6) is 1.33. The monoisotopic (exact) mass is 540 g/mol. The van der Waals surface area contributed by atoms with Crippen LogP contribution in [0.1, 0.15) is 78.7 Å². The molecule has 0 amide bonds. The van der Waals surface area contributed by atoms with E-state index >= 15 is 0 Å². The number of nitrogens with two attached hydrogens (primary N) is 1. The van der Waals surface area contributed by atoms with E-state index in [1.165, 1.54) is 12.8 Å². The summed E-state index contributed by atoms with van der Waals surface area (Å²) >= 11 is 0. The number of aldehydes is 1. The lowest BCUT2D eigenvalue weighted by molar-refractivity contribution is -0.114. The predicted octanol–water partition coefficient (Wildman–Crippen LogP) is 5.30. The molecule has 40 heavy (non-hydrogen) atoms. The first kappa shape index (κ1) is 27.5. The van der Waals surface area contributed by atoms with Gasteiger partial charge in [0.25, 0.3) is 0 Å². The van der Waals surface area contributed by atoms with Gasteiger partial charge in [-0.25, -0.2) is 0 Å². The minimum Gasteiger partial charge on any atom is -0.493 e. The molecule has 208 valence electrons. The minimum atomic E-state index is -0.725. The summed E-state index contributed by atoms with van der Waals surface area (Å²) < 4.78 is 11.9. The largest absolute Gasteiger partial charge is 0.493 e. The van der Waals surface area contributed by atoms with Gasteiger partial charge in [-0.3, -0.25) is 14.8 Å². The second-order valence-electron chi connectivity index (χ2n) is 10.4. The highest BCUT2D eigenvalue weighted by Crippen LogP contribution is 2.36. The number of carbonyl (C=O) groups is 2. The van der Waals surface area contributed by atoms with Gasteiger partial charge in [0.1, 0.15) is 18.5 Å². The molecule has 2 N–H and O–H groups in total. The molecule has 0 saturated heterocycles. The lowest BCUT2D eigenvalue weighted by atomic mass is 9.86. The molecule has 2 aromatic carbocycles. The van der Waals surface area contributed by atoms with Crippen molar-refractivity contribution in [2.45, 2.75) is 63.8 Å². The highest BCUT2D eigenvalue weighted by molar-refractivity contribution is 6.08. The number of rotatable bonds is 10. The molecule has 1 aromatic heterocycles. The third-order valence-corrected chi connectivity index (χ3v) is 7.88. The molecule has 1 fully saturated rings. The number of nitrogens with zero attached hydrogens (tertiary/aromatic N) is 3. The van der Waals surface area contributed by atoms with E-state index in [1.807, 2.05) is 24.3 Å². The third kappa shape index (κ3) is 5.77. The van der Waals surface area contributed by atoms with Crippen LogP contribution >= 0.6 is 0 Å². The molecule has 0 radical (unpaired) electrons. The fourth-order valence-corrected chi connectivity index (χ4v) is 5.63. The molecule has 1 aliphatic carbocycles. The minimum absolute atomic E-state index is 0.0740. The zero-order valence-electron chi connectivity index (χ0n) is 23.0. The van der Waals surface area contributed by atoms with Crippen LogP contribution in [0.3, 0.4) is 0 Å². The Morgan fingerprint density at radius 3 is 2.60 bits per heavy atom. The van der Waals surface area contributed by atoms with Crippen LogP contribution in [0.2, 0.25) is 0 Å². The summed E-state index contributed by atoms with van der Waals surface area (Å²) in [4.78, 5) is 29.3. The van der Waals surface area contributed by atoms with Gasteiger partial charge in [-0.1, -0.05) is 25.1 Å². The van der Waals surface area contributed by atoms with Crippen LogP contribution in [0.4, 0.5) is 0 Å². The number of methoxy groups -OCH3 is 1. The molecular formula is C32H36N4O4. The van der Waals surface area contributed by atoms with E-state index in [-0.39, 0.29) is 17.8 Å². The number of ether oxygens (including phenoxy) is 2. The van der Waals surface area contributed by atoms with Crippen molar-refractivity contribution in [3.05, 3.63) is 89.2 Å². The molecule has 2 heterocycles. The standard InChI is InChI=1S/C32H36N4O4/c1-3-21-17-26(20-37)36(32(33)24-9-6-8-23(16-24)31(38)25-10-7-15-34-19-25)35-30(21)22-13-14-28(39-2)29(18-22)40-27-11-4-5-12-27/h6-10,13-16,18-21,26-27,32H,3-5,11-12,17,33H2,1-2H3. The quantitative estimate of drug-likeness (QED) is 0.275. The average molecular weight is 541 g/mol. The smallest absolute Gasteiger partial charge is 0.194 e. The summed E-state index contributed by atoms with van der Waals surface area (Å²) in [5, 5.41) is 6.67. The number of carbonyl (C=O) groups excluding carboxylic acids is 2. The lowest BCUT2D eigenvalue weighted by Gasteiger charge is -2.38. The number of hydrogen-bond donors (Lipinski definition) is 1. The van der Waals surface area contributed by atoms with Crippen molar-refractivity contribution in [2.24, 2.45) is 16.8 Å². The van der Waals surface area contributed by atoms with Gasteiger partial charge in [-0.15, -0.1) is 0 Å². The van der Waals surface area contributed by atoms with E-state index in [4.69, 9.17) is 20.3 Å². The molecule has 3 unspecified atom stereocenters. The van der Waals surface area contributed by atoms with Crippen molar-refractivity contribution in [3.63, 3.8) is 0 Å². The van der Waals surface area contributed by atoms with Gasteiger partial charge in [0.05, 0.1) is 18.9 Å². The molecule has 1 saturated carbocycles. The Morgan fingerprint density at radius 1 is 1.10 bits per heavy atom. The predicted molar refractivity (Wildman–Crippen MR) is 154 cm³/mol. The first-order valence-electron chi connectivity index (χ1n) is 14.0. The third-order valence-electron chi connectivity index (χ3n) is 7.88. The summed E-state index contributed by atoms with van der Waals surface area (Å²) in [5.41, 5.74) is 10.2. The van der Waals surface area contributed by atoms with Crippen molar-refractivity contribution in [2.75, 3.05) is 7.11 Å². The van der Waals surface area contributed by atoms with Crippen LogP contribution < -0.4 is 15.2 Å². The second-order valence-corrected chi connectivity index (χ2v) is 10.4. The maximum Gasteiger partial charge on any atom is 0.194 e. The zero-order valence-corrected chi connectivity index (χ0v) is 23.0. The number of ketones is 1. The number of aromatic nitrogens is 1. The maximum absolute atomic E-state index is 13.0. The fourth-order valence-electron chi connectivity index (χ4n) is 5.63. The molecule has 5 rings (SSSR count). The van der Waals surface area contributed by atoms with Crippen LogP contribution in [-0.4, -0.2) is 47.0 Å². The normalized spacial score (nSPS) is 20.1. The van der Waals surface area contributed by atoms with Crippen LogP contribution in [-0.2, 0) is 4.79 Å². The molecule has 2 aliphatic rings. The Kier molecular flexibility index (Phi) is 8.55. The Bertz CT molecular complexity index is 1370. The molecule has 8 heteroatoms. The van der Waals surface area contributed by atoms with E-state index in [9.17, 15) is 9.59 Å². The average Bonchev–Trinajstić information content (AvgIpc) is 3.53. The topological polar surface area (TPSA) is 107 Å². The summed E-state index contributed by atoms with van der Waals surface area (Å²) in [6.45, 7) is 2.10.